The van der Waals surface area contributed by atoms with E-state index in [4.69, 9.17) is 4.74 Å². The fourth-order valence-electron chi connectivity index (χ4n) is 2.46. The zero-order valence-corrected chi connectivity index (χ0v) is 11.9. The lowest BCUT2D eigenvalue weighted by molar-refractivity contribution is -0.147. The number of rotatable bonds is 4. The lowest BCUT2D eigenvalue weighted by Crippen LogP contribution is -2.41. The molecule has 0 saturated heterocycles. The first kappa shape index (κ1) is 13.5. The van der Waals surface area contributed by atoms with Gasteiger partial charge in [0.1, 0.15) is 5.75 Å². The zero-order chi connectivity index (χ0) is 15.0. The molecule has 1 aromatic carbocycles. The Kier molecular flexibility index (Phi) is 3.12. The second-order valence-electron chi connectivity index (χ2n) is 5.30. The molecule has 110 valence electrons. The number of carboxylic acid groups (broad SMARTS) is 1. The van der Waals surface area contributed by atoms with Crippen LogP contribution < -0.4 is 4.74 Å². The van der Waals surface area contributed by atoms with E-state index in [1.54, 1.807) is 13.8 Å². The molecule has 0 bridgehead atoms. The molecule has 7 heteroatoms. The molecular formula is C14H16N4O3. The number of benzene rings is 1. The highest BCUT2D eigenvalue weighted by molar-refractivity contribution is 5.76. The third-order valence-corrected chi connectivity index (χ3v) is 4.05. The fraction of sp³-hybridized carbons (Fsp3) is 0.429. The minimum absolute atomic E-state index is 0.359. The predicted molar refractivity (Wildman–Crippen MR) is 72.9 cm³/mol. The molecule has 1 aromatic heterocycles. The number of hydrogen-bond donors (Lipinski definition) is 1. The van der Waals surface area contributed by atoms with Gasteiger partial charge >= 0.3 is 5.97 Å². The summed E-state index contributed by atoms with van der Waals surface area (Å²) in [5, 5.41) is 21.0. The molecule has 0 radical (unpaired) electrons. The Bertz CT molecular complexity index is 659. The standard InChI is InChI=1S/C14H16N4O3/c1-3-14(2,13(19)20)18-12(15-16-17-18)11-8-9-6-4-5-7-10(9)21-11/h4-7,11H,3,8H2,1-2H3,(H,19,20). The van der Waals surface area contributed by atoms with E-state index in [9.17, 15) is 9.90 Å². The van der Waals surface area contributed by atoms with Crippen LogP contribution in [-0.4, -0.2) is 31.3 Å². The zero-order valence-electron chi connectivity index (χ0n) is 11.9. The van der Waals surface area contributed by atoms with Crippen LogP contribution in [0.5, 0.6) is 5.75 Å². The van der Waals surface area contributed by atoms with Crippen molar-refractivity contribution < 1.29 is 14.6 Å². The average molecular weight is 288 g/mol. The van der Waals surface area contributed by atoms with E-state index in [1.165, 1.54) is 4.68 Å². The molecule has 0 fully saturated rings. The maximum absolute atomic E-state index is 11.6. The number of hydrogen-bond acceptors (Lipinski definition) is 5. The van der Waals surface area contributed by atoms with Gasteiger partial charge in [0.15, 0.2) is 17.5 Å². The van der Waals surface area contributed by atoms with Crippen LogP contribution in [0.25, 0.3) is 0 Å². The van der Waals surface area contributed by atoms with E-state index in [0.717, 1.165) is 11.3 Å². The van der Waals surface area contributed by atoms with E-state index in [-0.39, 0.29) is 6.10 Å². The number of carbonyl (C=O) groups is 1. The van der Waals surface area contributed by atoms with Crippen LogP contribution in [0.2, 0.25) is 0 Å². The molecule has 2 atom stereocenters. The number of aliphatic carboxylic acids is 1. The van der Waals surface area contributed by atoms with Crippen molar-refractivity contribution in [3.63, 3.8) is 0 Å². The van der Waals surface area contributed by atoms with Crippen molar-refractivity contribution in [3.8, 4) is 5.75 Å². The SMILES string of the molecule is CCC(C)(C(=O)O)n1nnnc1C1Cc2ccccc2O1. The molecule has 0 aliphatic carbocycles. The van der Waals surface area contributed by atoms with E-state index < -0.39 is 11.5 Å². The van der Waals surface area contributed by atoms with Crippen LogP contribution in [0.3, 0.4) is 0 Å². The quantitative estimate of drug-likeness (QED) is 0.918. The molecule has 1 N–H and O–H groups in total. The van der Waals surface area contributed by atoms with Crippen LogP contribution >= 0.6 is 0 Å². The number of tetrazole rings is 1. The van der Waals surface area contributed by atoms with E-state index in [1.807, 2.05) is 24.3 Å². The summed E-state index contributed by atoms with van der Waals surface area (Å²) in [7, 11) is 0. The molecule has 2 heterocycles. The highest BCUT2D eigenvalue weighted by Gasteiger charge is 2.40. The Morgan fingerprint density at radius 2 is 2.29 bits per heavy atom. The lowest BCUT2D eigenvalue weighted by Gasteiger charge is -2.25. The predicted octanol–water partition coefficient (Wildman–Crippen LogP) is 1.56. The van der Waals surface area contributed by atoms with Gasteiger partial charge in [-0.1, -0.05) is 25.1 Å². The Hall–Kier alpha value is -2.44. The van der Waals surface area contributed by atoms with Crippen LogP contribution in [0, 0.1) is 0 Å². The van der Waals surface area contributed by atoms with E-state index in [2.05, 4.69) is 15.5 Å². The monoisotopic (exact) mass is 288 g/mol. The Morgan fingerprint density at radius 1 is 1.52 bits per heavy atom. The molecule has 2 unspecified atom stereocenters. The van der Waals surface area contributed by atoms with Gasteiger partial charge in [0.25, 0.3) is 0 Å². The maximum atomic E-state index is 11.6. The average Bonchev–Trinajstić information content (AvgIpc) is 3.12. The molecule has 21 heavy (non-hydrogen) atoms. The van der Waals surface area contributed by atoms with Crippen LogP contribution in [-0.2, 0) is 16.8 Å². The topological polar surface area (TPSA) is 90.1 Å². The first-order chi connectivity index (χ1) is 10.1. The van der Waals surface area contributed by atoms with Crippen molar-refractivity contribution >= 4 is 5.97 Å². The van der Waals surface area contributed by atoms with Crippen LogP contribution in [0.1, 0.15) is 37.8 Å². The second-order valence-corrected chi connectivity index (χ2v) is 5.30. The first-order valence-electron chi connectivity index (χ1n) is 6.83. The first-order valence-corrected chi connectivity index (χ1v) is 6.83. The van der Waals surface area contributed by atoms with Gasteiger partial charge < -0.3 is 9.84 Å². The molecule has 2 aromatic rings. The van der Waals surface area contributed by atoms with Gasteiger partial charge in [-0.05, 0) is 35.4 Å². The van der Waals surface area contributed by atoms with Gasteiger partial charge in [-0.2, -0.15) is 0 Å². The van der Waals surface area contributed by atoms with Gasteiger partial charge in [-0.15, -0.1) is 5.10 Å². The van der Waals surface area contributed by atoms with Gasteiger partial charge in [0, 0.05) is 6.42 Å². The number of nitrogens with zero attached hydrogens (tertiary/aromatic N) is 4. The third-order valence-electron chi connectivity index (χ3n) is 4.05. The smallest absolute Gasteiger partial charge is 0.331 e. The molecule has 3 rings (SSSR count). The molecule has 0 amide bonds. The summed E-state index contributed by atoms with van der Waals surface area (Å²) >= 11 is 0. The van der Waals surface area contributed by atoms with Crippen LogP contribution in [0.15, 0.2) is 24.3 Å². The summed E-state index contributed by atoms with van der Waals surface area (Å²) in [5.41, 5.74) is -0.109. The Balaban J connectivity index is 1.97. The van der Waals surface area contributed by atoms with Crippen molar-refractivity contribution in [3.05, 3.63) is 35.7 Å². The molecule has 1 aliphatic heterocycles. The third kappa shape index (κ3) is 2.05. The molecule has 1 aliphatic rings. The van der Waals surface area contributed by atoms with Crippen molar-refractivity contribution in [2.24, 2.45) is 0 Å². The molecule has 7 nitrogen and oxygen atoms in total. The summed E-state index contributed by atoms with van der Waals surface area (Å²) in [6.07, 6.45) is 0.651. The van der Waals surface area contributed by atoms with E-state index >= 15 is 0 Å². The van der Waals surface area contributed by atoms with Gasteiger partial charge in [-0.25, -0.2) is 9.48 Å². The van der Waals surface area contributed by atoms with Crippen molar-refractivity contribution in [2.45, 2.75) is 38.3 Å². The second kappa shape index (κ2) is 4.83. The lowest BCUT2D eigenvalue weighted by atomic mass is 9.99. The van der Waals surface area contributed by atoms with Gasteiger partial charge in [0.2, 0.25) is 0 Å². The molecule has 0 saturated carbocycles. The summed E-state index contributed by atoms with van der Waals surface area (Å²) in [6, 6.07) is 7.72. The summed E-state index contributed by atoms with van der Waals surface area (Å²) in [4.78, 5) is 11.6. The molecular weight excluding hydrogens is 272 g/mol. The Morgan fingerprint density at radius 3 is 2.95 bits per heavy atom. The number of aromatic nitrogens is 4. The minimum Gasteiger partial charge on any atom is -0.482 e. The maximum Gasteiger partial charge on any atom is 0.331 e. The number of ether oxygens (including phenoxy) is 1. The van der Waals surface area contributed by atoms with Crippen molar-refractivity contribution in [2.75, 3.05) is 0 Å². The minimum atomic E-state index is -1.18. The fourth-order valence-corrected chi connectivity index (χ4v) is 2.46. The highest BCUT2D eigenvalue weighted by atomic mass is 16.5. The van der Waals surface area contributed by atoms with Gasteiger partial charge in [-0.3, -0.25) is 0 Å². The summed E-state index contributed by atoms with van der Waals surface area (Å²) < 4.78 is 7.22. The van der Waals surface area contributed by atoms with Crippen molar-refractivity contribution in [1.82, 2.24) is 20.2 Å². The summed E-state index contributed by atoms with van der Waals surface area (Å²) in [6.45, 7) is 3.40. The number of para-hydroxylation sites is 1. The normalized spacial score (nSPS) is 19.6. The summed E-state index contributed by atoms with van der Waals surface area (Å²) in [5.74, 6) is 0.276. The number of fused-ring (bicyclic) bond motifs is 1. The van der Waals surface area contributed by atoms with Crippen LogP contribution in [0.4, 0.5) is 0 Å². The number of carboxylic acids is 1. The van der Waals surface area contributed by atoms with Gasteiger partial charge in [0.05, 0.1) is 0 Å². The molecule has 0 spiro atoms. The Labute approximate surface area is 121 Å². The van der Waals surface area contributed by atoms with E-state index in [0.29, 0.717) is 18.7 Å². The van der Waals surface area contributed by atoms with Crippen molar-refractivity contribution in [1.29, 1.82) is 0 Å². The largest absolute Gasteiger partial charge is 0.482 e. The highest BCUT2D eigenvalue weighted by Crippen LogP contribution is 2.36.